The SMILES string of the molecule is Cc1cccc(O)c1N1CC(CS(=O)(=O)F)CC1=O. The van der Waals surface area contributed by atoms with Gasteiger partial charge in [-0.1, -0.05) is 12.1 Å². The summed E-state index contributed by atoms with van der Waals surface area (Å²) < 4.78 is 33.9. The molecule has 5 nitrogen and oxygen atoms in total. The molecule has 1 aliphatic rings. The van der Waals surface area contributed by atoms with E-state index in [-0.39, 0.29) is 24.6 Å². The van der Waals surface area contributed by atoms with Crippen molar-refractivity contribution >= 4 is 21.8 Å². The molecular formula is C12H14FNO4S. The van der Waals surface area contributed by atoms with Crippen LogP contribution in [0, 0.1) is 12.8 Å². The van der Waals surface area contributed by atoms with Crippen LogP contribution in [0.4, 0.5) is 9.57 Å². The van der Waals surface area contributed by atoms with Gasteiger partial charge in [0.1, 0.15) is 5.75 Å². The molecule has 1 heterocycles. The average Bonchev–Trinajstić information content (AvgIpc) is 2.56. The molecule has 1 amide bonds. The zero-order chi connectivity index (χ0) is 14.2. The molecule has 0 saturated carbocycles. The van der Waals surface area contributed by atoms with E-state index in [1.54, 1.807) is 19.1 Å². The van der Waals surface area contributed by atoms with Gasteiger partial charge in [0, 0.05) is 18.9 Å². The number of aromatic hydroxyl groups is 1. The molecule has 7 heteroatoms. The van der Waals surface area contributed by atoms with Gasteiger partial charge in [0.25, 0.3) is 0 Å². The van der Waals surface area contributed by atoms with E-state index in [9.17, 15) is 22.2 Å². The third kappa shape index (κ3) is 3.04. The number of aryl methyl sites for hydroxylation is 1. The van der Waals surface area contributed by atoms with Crippen LogP contribution in [0.1, 0.15) is 12.0 Å². The Morgan fingerprint density at radius 3 is 2.74 bits per heavy atom. The molecule has 0 bridgehead atoms. The number of halogens is 1. The first kappa shape index (κ1) is 13.8. The Morgan fingerprint density at radius 1 is 1.47 bits per heavy atom. The maximum Gasteiger partial charge on any atom is 0.302 e. The second-order valence-corrected chi connectivity index (χ2v) is 6.13. The van der Waals surface area contributed by atoms with Gasteiger partial charge in [-0.25, -0.2) is 0 Å². The van der Waals surface area contributed by atoms with Gasteiger partial charge in [0.05, 0.1) is 11.4 Å². The molecule has 1 fully saturated rings. The summed E-state index contributed by atoms with van der Waals surface area (Å²) in [6.45, 7) is 1.84. The third-order valence-corrected chi connectivity index (χ3v) is 4.00. The van der Waals surface area contributed by atoms with Gasteiger partial charge in [-0.05, 0) is 18.6 Å². The summed E-state index contributed by atoms with van der Waals surface area (Å²) in [5.74, 6) is -1.60. The van der Waals surface area contributed by atoms with Gasteiger partial charge < -0.3 is 10.0 Å². The van der Waals surface area contributed by atoms with E-state index in [0.717, 1.165) is 0 Å². The Hall–Kier alpha value is -1.63. The molecule has 1 aromatic carbocycles. The van der Waals surface area contributed by atoms with Gasteiger partial charge in [-0.3, -0.25) is 4.79 Å². The maximum atomic E-state index is 12.6. The van der Waals surface area contributed by atoms with Crippen molar-refractivity contribution in [3.8, 4) is 5.75 Å². The lowest BCUT2D eigenvalue weighted by molar-refractivity contribution is -0.117. The highest BCUT2D eigenvalue weighted by atomic mass is 32.3. The van der Waals surface area contributed by atoms with Crippen molar-refractivity contribution in [2.24, 2.45) is 5.92 Å². The highest BCUT2D eigenvalue weighted by Crippen LogP contribution is 2.35. The molecule has 1 unspecified atom stereocenters. The van der Waals surface area contributed by atoms with Crippen LogP contribution in [0.25, 0.3) is 0 Å². The molecule has 0 aliphatic carbocycles. The van der Waals surface area contributed by atoms with E-state index in [1.807, 2.05) is 0 Å². The second-order valence-electron chi connectivity index (χ2n) is 4.72. The number of carbonyl (C=O) groups excluding carboxylic acids is 1. The Morgan fingerprint density at radius 2 is 2.16 bits per heavy atom. The van der Waals surface area contributed by atoms with Crippen LogP contribution < -0.4 is 4.90 Å². The molecule has 1 aromatic rings. The van der Waals surface area contributed by atoms with Crippen molar-refractivity contribution in [2.75, 3.05) is 17.2 Å². The zero-order valence-corrected chi connectivity index (χ0v) is 11.2. The summed E-state index contributed by atoms with van der Waals surface area (Å²) in [4.78, 5) is 13.2. The monoisotopic (exact) mass is 287 g/mol. The number of hydrogen-bond donors (Lipinski definition) is 1. The van der Waals surface area contributed by atoms with Crippen LogP contribution in [0.15, 0.2) is 18.2 Å². The molecular weight excluding hydrogens is 273 g/mol. The molecule has 1 aliphatic heterocycles. The molecule has 19 heavy (non-hydrogen) atoms. The van der Waals surface area contributed by atoms with E-state index in [0.29, 0.717) is 11.3 Å². The highest BCUT2D eigenvalue weighted by Gasteiger charge is 2.35. The fourth-order valence-corrected chi connectivity index (χ4v) is 3.17. The van der Waals surface area contributed by atoms with Crippen molar-refractivity contribution < 1.29 is 22.2 Å². The number of amides is 1. The number of carbonyl (C=O) groups is 1. The minimum Gasteiger partial charge on any atom is -0.506 e. The van der Waals surface area contributed by atoms with Gasteiger partial charge in [-0.15, -0.1) is 3.89 Å². The Balaban J connectivity index is 2.26. The molecule has 1 atom stereocenters. The van der Waals surface area contributed by atoms with E-state index < -0.39 is 21.9 Å². The Kier molecular flexibility index (Phi) is 3.49. The number of phenols is 1. The molecule has 2 rings (SSSR count). The van der Waals surface area contributed by atoms with Gasteiger partial charge in [-0.2, -0.15) is 8.42 Å². The van der Waals surface area contributed by atoms with E-state index >= 15 is 0 Å². The van der Waals surface area contributed by atoms with E-state index in [4.69, 9.17) is 0 Å². The molecule has 0 spiro atoms. The number of phenolic OH excluding ortho intramolecular Hbond substituents is 1. The van der Waals surface area contributed by atoms with Crippen LogP contribution in [-0.4, -0.2) is 31.7 Å². The fourth-order valence-electron chi connectivity index (χ4n) is 2.39. The quantitative estimate of drug-likeness (QED) is 0.852. The summed E-state index contributed by atoms with van der Waals surface area (Å²) >= 11 is 0. The number of rotatable bonds is 3. The third-order valence-electron chi connectivity index (χ3n) is 3.13. The largest absolute Gasteiger partial charge is 0.506 e. The highest BCUT2D eigenvalue weighted by molar-refractivity contribution is 7.86. The molecule has 0 radical (unpaired) electrons. The summed E-state index contributed by atoms with van der Waals surface area (Å²) in [5.41, 5.74) is 1.07. The number of anilines is 1. The lowest BCUT2D eigenvalue weighted by atomic mass is 10.1. The first-order valence-electron chi connectivity index (χ1n) is 5.79. The average molecular weight is 287 g/mol. The van der Waals surface area contributed by atoms with E-state index in [1.165, 1.54) is 11.0 Å². The van der Waals surface area contributed by atoms with Gasteiger partial charge >= 0.3 is 10.2 Å². The van der Waals surface area contributed by atoms with Gasteiger partial charge in [0.15, 0.2) is 0 Å². The van der Waals surface area contributed by atoms with Gasteiger partial charge in [0.2, 0.25) is 5.91 Å². The first-order chi connectivity index (χ1) is 8.78. The lowest BCUT2D eigenvalue weighted by Crippen LogP contribution is -2.26. The Labute approximate surface area is 110 Å². The number of hydrogen-bond acceptors (Lipinski definition) is 4. The van der Waals surface area contributed by atoms with Crippen molar-refractivity contribution in [1.82, 2.24) is 0 Å². The lowest BCUT2D eigenvalue weighted by Gasteiger charge is -2.20. The second kappa shape index (κ2) is 4.80. The van der Waals surface area contributed by atoms with Crippen LogP contribution in [0.5, 0.6) is 5.75 Å². The number of para-hydroxylation sites is 1. The molecule has 1 N–H and O–H groups in total. The summed E-state index contributed by atoms with van der Waals surface area (Å²) in [6, 6.07) is 4.84. The minimum absolute atomic E-state index is 0.0308. The van der Waals surface area contributed by atoms with Crippen molar-refractivity contribution in [2.45, 2.75) is 13.3 Å². The van der Waals surface area contributed by atoms with Crippen LogP contribution >= 0.6 is 0 Å². The maximum absolute atomic E-state index is 12.6. The summed E-state index contributed by atoms with van der Waals surface area (Å²) in [6.07, 6.45) is -0.0308. The standard InChI is InChI=1S/C12H14FNO4S/c1-8-3-2-4-10(15)12(8)14-6-9(5-11(14)16)7-19(13,17)18/h2-4,9,15H,5-7H2,1H3. The minimum atomic E-state index is -4.60. The summed E-state index contributed by atoms with van der Waals surface area (Å²) in [5, 5.41) is 9.80. The normalized spacial score (nSPS) is 20.0. The smallest absolute Gasteiger partial charge is 0.302 e. The zero-order valence-electron chi connectivity index (χ0n) is 10.3. The van der Waals surface area contributed by atoms with Crippen molar-refractivity contribution in [3.63, 3.8) is 0 Å². The Bertz CT molecular complexity index is 594. The molecule has 0 aromatic heterocycles. The predicted octanol–water partition coefficient (Wildman–Crippen LogP) is 1.35. The first-order valence-corrected chi connectivity index (χ1v) is 7.34. The number of nitrogens with zero attached hydrogens (tertiary/aromatic N) is 1. The van der Waals surface area contributed by atoms with E-state index in [2.05, 4.69) is 0 Å². The predicted molar refractivity (Wildman–Crippen MR) is 68.2 cm³/mol. The van der Waals surface area contributed by atoms with Crippen LogP contribution in [0.3, 0.4) is 0 Å². The van der Waals surface area contributed by atoms with Crippen molar-refractivity contribution in [1.29, 1.82) is 0 Å². The molecule has 104 valence electrons. The van der Waals surface area contributed by atoms with Crippen molar-refractivity contribution in [3.05, 3.63) is 23.8 Å². The number of benzene rings is 1. The van der Waals surface area contributed by atoms with Crippen LogP contribution in [0.2, 0.25) is 0 Å². The van der Waals surface area contributed by atoms with Crippen LogP contribution in [-0.2, 0) is 15.0 Å². The molecule has 1 saturated heterocycles. The fraction of sp³-hybridized carbons (Fsp3) is 0.417. The topological polar surface area (TPSA) is 74.7 Å². The summed E-state index contributed by atoms with van der Waals surface area (Å²) in [7, 11) is -4.60.